The molecule has 0 aromatic heterocycles. The number of carbonyl (C=O) groups excluding carboxylic acids is 2. The first-order chi connectivity index (χ1) is 9.41. The third-order valence-electron chi connectivity index (χ3n) is 2.55. The summed E-state index contributed by atoms with van der Waals surface area (Å²) in [5, 5.41) is 9.43. The largest absolute Gasteiger partial charge is 0.462 e. The Bertz CT molecular complexity index is 507. The smallest absolute Gasteiger partial charge is 0.338 e. The summed E-state index contributed by atoms with van der Waals surface area (Å²) < 4.78 is 9.66. The fourth-order valence-corrected chi connectivity index (χ4v) is 1.42. The van der Waals surface area contributed by atoms with Gasteiger partial charge < -0.3 is 14.6 Å². The molecule has 1 unspecified atom stereocenters. The highest BCUT2D eigenvalue weighted by molar-refractivity contribution is 5.91. The van der Waals surface area contributed by atoms with Crippen LogP contribution in [0.3, 0.4) is 0 Å². The summed E-state index contributed by atoms with van der Waals surface area (Å²) in [5.74, 6) is -1.15. The Labute approximate surface area is 117 Å². The van der Waals surface area contributed by atoms with Gasteiger partial charge in [-0.25, -0.2) is 9.59 Å². The molecule has 1 rings (SSSR count). The first-order valence-electron chi connectivity index (χ1n) is 6.19. The molecule has 0 aliphatic carbocycles. The van der Waals surface area contributed by atoms with Crippen LogP contribution in [0.25, 0.3) is 0 Å². The van der Waals surface area contributed by atoms with E-state index in [4.69, 9.17) is 4.74 Å². The molecule has 0 radical (unpaired) electrons. The number of hydrogen-bond acceptors (Lipinski definition) is 5. The zero-order valence-electron chi connectivity index (χ0n) is 11.6. The number of aryl methyl sites for hydroxylation is 1. The Kier molecular flexibility index (Phi) is 5.93. The van der Waals surface area contributed by atoms with Crippen LogP contribution in [0.2, 0.25) is 0 Å². The maximum absolute atomic E-state index is 11.8. The summed E-state index contributed by atoms with van der Waals surface area (Å²) >= 11 is 0. The molecular formula is C15H18O5. The Hall–Kier alpha value is -2.14. The van der Waals surface area contributed by atoms with Crippen LogP contribution in [0, 0.1) is 6.92 Å². The summed E-state index contributed by atoms with van der Waals surface area (Å²) in [7, 11) is 0. The first kappa shape index (κ1) is 15.9. The number of aliphatic hydroxyl groups excluding tert-OH is 1. The molecule has 0 bridgehead atoms. The number of rotatable bonds is 6. The van der Waals surface area contributed by atoms with Crippen molar-refractivity contribution in [3.05, 3.63) is 47.5 Å². The van der Waals surface area contributed by atoms with E-state index in [0.29, 0.717) is 5.56 Å². The second-order valence-corrected chi connectivity index (χ2v) is 4.38. The minimum absolute atomic E-state index is 0.0106. The zero-order chi connectivity index (χ0) is 15.1. The fourth-order valence-electron chi connectivity index (χ4n) is 1.42. The lowest BCUT2D eigenvalue weighted by Crippen LogP contribution is -2.20. The van der Waals surface area contributed by atoms with Crippen LogP contribution >= 0.6 is 0 Å². The second-order valence-electron chi connectivity index (χ2n) is 4.38. The van der Waals surface area contributed by atoms with Gasteiger partial charge in [0.25, 0.3) is 0 Å². The molecule has 0 heterocycles. The highest BCUT2D eigenvalue weighted by Gasteiger charge is 2.14. The lowest BCUT2D eigenvalue weighted by atomic mass is 10.1. The van der Waals surface area contributed by atoms with Crippen molar-refractivity contribution in [2.45, 2.75) is 26.6 Å². The van der Waals surface area contributed by atoms with E-state index in [1.54, 1.807) is 25.1 Å². The molecule has 5 heteroatoms. The molecule has 0 saturated heterocycles. The Morgan fingerprint density at radius 2 is 2.00 bits per heavy atom. The van der Waals surface area contributed by atoms with E-state index in [1.807, 2.05) is 6.07 Å². The topological polar surface area (TPSA) is 72.8 Å². The number of ether oxygens (including phenoxy) is 2. The molecule has 0 spiro atoms. The second kappa shape index (κ2) is 7.45. The molecule has 0 aliphatic rings. The van der Waals surface area contributed by atoms with Gasteiger partial charge in [-0.05, 0) is 25.5 Å². The summed E-state index contributed by atoms with van der Waals surface area (Å²) in [6.07, 6.45) is -1.31. The molecular weight excluding hydrogens is 260 g/mol. The van der Waals surface area contributed by atoms with Gasteiger partial charge in [0.1, 0.15) is 0 Å². The van der Waals surface area contributed by atoms with Crippen LogP contribution in [0.5, 0.6) is 0 Å². The van der Waals surface area contributed by atoms with Crippen LogP contribution in [0.15, 0.2) is 36.4 Å². The van der Waals surface area contributed by atoms with Gasteiger partial charge in [-0.1, -0.05) is 24.8 Å². The number of esters is 2. The quantitative estimate of drug-likeness (QED) is 0.489. The van der Waals surface area contributed by atoms with E-state index < -0.39 is 18.2 Å². The minimum atomic E-state index is -1.32. The van der Waals surface area contributed by atoms with E-state index in [2.05, 4.69) is 11.3 Å². The van der Waals surface area contributed by atoms with Gasteiger partial charge in [0, 0.05) is 12.0 Å². The molecule has 0 aliphatic heterocycles. The zero-order valence-corrected chi connectivity index (χ0v) is 11.6. The van der Waals surface area contributed by atoms with Crippen LogP contribution in [0.1, 0.15) is 29.3 Å². The van der Waals surface area contributed by atoms with Crippen molar-refractivity contribution in [2.24, 2.45) is 0 Å². The van der Waals surface area contributed by atoms with E-state index in [1.165, 1.54) is 6.92 Å². The average Bonchev–Trinajstić information content (AvgIpc) is 2.38. The maximum Gasteiger partial charge on any atom is 0.338 e. The highest BCUT2D eigenvalue weighted by Crippen LogP contribution is 2.09. The average molecular weight is 278 g/mol. The molecule has 1 aromatic carbocycles. The van der Waals surface area contributed by atoms with E-state index in [-0.39, 0.29) is 18.6 Å². The van der Waals surface area contributed by atoms with Crippen LogP contribution in [-0.2, 0) is 14.3 Å². The normalized spacial score (nSPS) is 11.6. The maximum atomic E-state index is 11.8. The molecule has 1 atom stereocenters. The Morgan fingerprint density at radius 1 is 1.35 bits per heavy atom. The highest BCUT2D eigenvalue weighted by atomic mass is 16.6. The number of carbonyl (C=O) groups is 2. The summed E-state index contributed by atoms with van der Waals surface area (Å²) in [4.78, 5) is 22.9. The third-order valence-corrected chi connectivity index (χ3v) is 2.55. The monoisotopic (exact) mass is 278 g/mol. The molecule has 1 N–H and O–H groups in total. The Balaban J connectivity index is 2.38. The van der Waals surface area contributed by atoms with Gasteiger partial charge >= 0.3 is 11.9 Å². The molecule has 20 heavy (non-hydrogen) atoms. The first-order valence-corrected chi connectivity index (χ1v) is 6.19. The predicted molar refractivity (Wildman–Crippen MR) is 73.0 cm³/mol. The van der Waals surface area contributed by atoms with Crippen LogP contribution in [0.4, 0.5) is 0 Å². The van der Waals surface area contributed by atoms with Crippen molar-refractivity contribution in [3.8, 4) is 0 Å². The number of hydrogen-bond donors (Lipinski definition) is 1. The SMILES string of the molecule is C=C(C)C(=O)OC(O)CCOC(=O)c1ccccc1C. The van der Waals surface area contributed by atoms with Crippen molar-refractivity contribution in [2.75, 3.05) is 6.61 Å². The Morgan fingerprint density at radius 3 is 2.60 bits per heavy atom. The third kappa shape index (κ3) is 4.85. The van der Waals surface area contributed by atoms with Gasteiger partial charge in [0.2, 0.25) is 6.29 Å². The number of benzene rings is 1. The van der Waals surface area contributed by atoms with E-state index >= 15 is 0 Å². The van der Waals surface area contributed by atoms with Gasteiger partial charge in [-0.3, -0.25) is 0 Å². The lowest BCUT2D eigenvalue weighted by molar-refractivity contribution is -0.164. The molecule has 0 fully saturated rings. The predicted octanol–water partition coefficient (Wildman–Crippen LogP) is 1.98. The van der Waals surface area contributed by atoms with Gasteiger partial charge in [-0.15, -0.1) is 0 Å². The number of aliphatic hydroxyl groups is 1. The molecule has 108 valence electrons. The summed E-state index contributed by atoms with van der Waals surface area (Å²) in [6.45, 7) is 6.64. The molecule has 0 saturated carbocycles. The summed E-state index contributed by atoms with van der Waals surface area (Å²) in [5.41, 5.74) is 1.48. The lowest BCUT2D eigenvalue weighted by Gasteiger charge is -2.12. The van der Waals surface area contributed by atoms with Crippen molar-refractivity contribution in [3.63, 3.8) is 0 Å². The van der Waals surface area contributed by atoms with Crippen LogP contribution in [-0.4, -0.2) is 29.9 Å². The van der Waals surface area contributed by atoms with Crippen molar-refractivity contribution in [1.29, 1.82) is 0 Å². The van der Waals surface area contributed by atoms with Gasteiger partial charge in [-0.2, -0.15) is 0 Å². The van der Waals surface area contributed by atoms with Crippen molar-refractivity contribution in [1.82, 2.24) is 0 Å². The van der Waals surface area contributed by atoms with E-state index in [0.717, 1.165) is 5.56 Å². The van der Waals surface area contributed by atoms with Crippen molar-refractivity contribution < 1.29 is 24.2 Å². The summed E-state index contributed by atoms with van der Waals surface area (Å²) in [6, 6.07) is 7.04. The molecule has 1 aromatic rings. The van der Waals surface area contributed by atoms with Crippen LogP contribution < -0.4 is 0 Å². The molecule has 0 amide bonds. The fraction of sp³-hybridized carbons (Fsp3) is 0.333. The van der Waals surface area contributed by atoms with Crippen molar-refractivity contribution >= 4 is 11.9 Å². The van der Waals surface area contributed by atoms with Gasteiger partial charge in [0.15, 0.2) is 0 Å². The standard InChI is InChI=1S/C15H18O5/c1-10(2)14(17)20-13(16)8-9-19-15(18)12-7-5-4-6-11(12)3/h4-7,13,16H,1,8-9H2,2-3H3. The van der Waals surface area contributed by atoms with Gasteiger partial charge in [0.05, 0.1) is 12.2 Å². The molecule has 5 nitrogen and oxygen atoms in total. The minimum Gasteiger partial charge on any atom is -0.462 e. The van der Waals surface area contributed by atoms with E-state index in [9.17, 15) is 14.7 Å².